The molecule has 0 radical (unpaired) electrons. The third-order valence-electron chi connectivity index (χ3n) is 5.94. The molecule has 0 bridgehead atoms. The van der Waals surface area contributed by atoms with Crippen molar-refractivity contribution in [1.29, 1.82) is 0 Å². The van der Waals surface area contributed by atoms with Crippen molar-refractivity contribution in [1.82, 2.24) is 34.2 Å². The number of amides is 1. The summed E-state index contributed by atoms with van der Waals surface area (Å²) in [6.07, 6.45) is 0.955. The number of thiophene rings is 1. The number of aromatic nitrogens is 7. The lowest BCUT2D eigenvalue weighted by atomic mass is 10.2. The fourth-order valence-electron chi connectivity index (χ4n) is 3.96. The Hall–Kier alpha value is -4.00. The average Bonchev–Trinajstić information content (AvgIpc) is 3.65. The molecule has 0 aliphatic heterocycles. The van der Waals surface area contributed by atoms with Crippen LogP contribution < -0.4 is 5.32 Å². The number of nitrogens with one attached hydrogen (secondary N) is 1. The van der Waals surface area contributed by atoms with E-state index >= 15 is 0 Å². The summed E-state index contributed by atoms with van der Waals surface area (Å²) >= 11 is 1.38. The maximum Gasteiger partial charge on any atom is 0.433 e. The maximum atomic E-state index is 13.9. The fourth-order valence-corrected chi connectivity index (χ4v) is 4.87. The lowest BCUT2D eigenvalue weighted by Crippen LogP contribution is -2.15. The molecule has 0 atom stereocenters. The lowest BCUT2D eigenvalue weighted by molar-refractivity contribution is -0.142. The molecular formula is C24H23F3N8OS. The Labute approximate surface area is 213 Å². The smallest absolute Gasteiger partial charge is 0.318 e. The van der Waals surface area contributed by atoms with Crippen molar-refractivity contribution in [2.45, 2.75) is 46.5 Å². The molecule has 5 aromatic heterocycles. The van der Waals surface area contributed by atoms with Crippen molar-refractivity contribution in [3.05, 3.63) is 70.4 Å². The van der Waals surface area contributed by atoms with Gasteiger partial charge in [-0.2, -0.15) is 28.5 Å². The van der Waals surface area contributed by atoms with E-state index in [1.165, 1.54) is 23.6 Å². The van der Waals surface area contributed by atoms with Gasteiger partial charge in [-0.05, 0) is 38.5 Å². The van der Waals surface area contributed by atoms with E-state index in [2.05, 4.69) is 25.6 Å². The summed E-state index contributed by atoms with van der Waals surface area (Å²) < 4.78 is 45.8. The monoisotopic (exact) mass is 528 g/mol. The Balaban J connectivity index is 1.40. The van der Waals surface area contributed by atoms with Gasteiger partial charge in [-0.3, -0.25) is 14.2 Å². The molecule has 0 unspecified atom stereocenters. The molecule has 0 saturated heterocycles. The highest BCUT2D eigenvalue weighted by atomic mass is 32.1. The maximum absolute atomic E-state index is 13.9. The van der Waals surface area contributed by atoms with Crippen molar-refractivity contribution in [3.8, 4) is 10.6 Å². The fraction of sp³-hybridized carbons (Fsp3) is 0.292. The second kappa shape index (κ2) is 9.47. The minimum Gasteiger partial charge on any atom is -0.318 e. The second-order valence-corrected chi connectivity index (χ2v) is 9.56. The summed E-state index contributed by atoms with van der Waals surface area (Å²) in [4.78, 5) is 18.9. The van der Waals surface area contributed by atoms with E-state index in [0.29, 0.717) is 21.6 Å². The van der Waals surface area contributed by atoms with Crippen molar-refractivity contribution < 1.29 is 18.0 Å². The van der Waals surface area contributed by atoms with Crippen LogP contribution in [0.15, 0.2) is 42.9 Å². The first-order valence-electron chi connectivity index (χ1n) is 11.6. The first-order valence-corrected chi connectivity index (χ1v) is 12.4. The molecule has 1 N–H and O–H groups in total. The van der Waals surface area contributed by atoms with Gasteiger partial charge < -0.3 is 5.32 Å². The molecule has 0 fully saturated rings. The summed E-state index contributed by atoms with van der Waals surface area (Å²) in [6.45, 7) is 7.16. The number of alkyl halides is 3. The number of hydrogen-bond acceptors (Lipinski definition) is 6. The minimum atomic E-state index is -4.69. The Kier molecular flexibility index (Phi) is 6.31. The summed E-state index contributed by atoms with van der Waals surface area (Å²) in [6, 6.07) is 5.82. The topological polar surface area (TPSA) is 94.9 Å². The lowest BCUT2D eigenvalue weighted by Gasteiger charge is -2.10. The number of nitrogens with zero attached hydrogens (tertiary/aromatic N) is 7. The zero-order chi connectivity index (χ0) is 26.3. The third kappa shape index (κ3) is 4.86. The van der Waals surface area contributed by atoms with Crippen molar-refractivity contribution >= 4 is 28.6 Å². The molecular weight excluding hydrogens is 505 g/mol. The number of carbonyl (C=O) groups excluding carboxylic acids is 1. The zero-order valence-electron chi connectivity index (χ0n) is 20.2. The van der Waals surface area contributed by atoms with Crippen LogP contribution in [0.4, 0.5) is 18.9 Å². The number of rotatable bonds is 7. The highest BCUT2D eigenvalue weighted by Gasteiger charge is 2.36. The summed E-state index contributed by atoms with van der Waals surface area (Å²) in [7, 11) is 0. The van der Waals surface area contributed by atoms with Crippen LogP contribution >= 0.6 is 11.3 Å². The van der Waals surface area contributed by atoms with Crippen LogP contribution in [0, 0.1) is 6.92 Å². The molecule has 5 rings (SSSR count). The SMILES string of the molecule is CCc1ccc(-c2cc(C(F)(F)F)n3nc(C(=O)Nc4cnn(Cc5cnn(CC)c5C)c4)cc3n2)s1. The normalized spacial score (nSPS) is 11.9. The van der Waals surface area contributed by atoms with E-state index in [-0.39, 0.29) is 17.0 Å². The molecule has 5 aromatic rings. The largest absolute Gasteiger partial charge is 0.433 e. The molecule has 5 heterocycles. The molecule has 0 aromatic carbocycles. The van der Waals surface area contributed by atoms with Gasteiger partial charge in [0, 0.05) is 34.9 Å². The zero-order valence-corrected chi connectivity index (χ0v) is 21.1. The summed E-state index contributed by atoms with van der Waals surface area (Å²) in [5.74, 6) is -0.667. The molecule has 192 valence electrons. The van der Waals surface area contributed by atoms with Gasteiger partial charge in [-0.15, -0.1) is 11.3 Å². The minimum absolute atomic E-state index is 0.0690. The number of aryl methyl sites for hydroxylation is 2. The Morgan fingerprint density at radius 1 is 1.14 bits per heavy atom. The molecule has 1 amide bonds. The second-order valence-electron chi connectivity index (χ2n) is 8.40. The van der Waals surface area contributed by atoms with E-state index < -0.39 is 17.8 Å². The number of carbonyl (C=O) groups is 1. The summed E-state index contributed by atoms with van der Waals surface area (Å²) in [5.41, 5.74) is 1.31. The van der Waals surface area contributed by atoms with E-state index in [1.54, 1.807) is 23.1 Å². The Bertz CT molecular complexity index is 1590. The molecule has 0 saturated carbocycles. The van der Waals surface area contributed by atoms with Crippen molar-refractivity contribution in [3.63, 3.8) is 0 Å². The van der Waals surface area contributed by atoms with Crippen LogP contribution in [0.5, 0.6) is 0 Å². The number of halogens is 3. The molecule has 13 heteroatoms. The Morgan fingerprint density at radius 2 is 1.95 bits per heavy atom. The molecule has 9 nitrogen and oxygen atoms in total. The summed E-state index contributed by atoms with van der Waals surface area (Å²) in [5, 5.41) is 15.1. The van der Waals surface area contributed by atoms with Gasteiger partial charge in [0.25, 0.3) is 5.91 Å². The van der Waals surface area contributed by atoms with Gasteiger partial charge >= 0.3 is 6.18 Å². The number of anilines is 1. The number of fused-ring (bicyclic) bond motifs is 1. The first kappa shape index (κ1) is 24.7. The van der Waals surface area contributed by atoms with Gasteiger partial charge in [0.2, 0.25) is 0 Å². The first-order chi connectivity index (χ1) is 17.7. The molecule has 0 aliphatic rings. The highest BCUT2D eigenvalue weighted by molar-refractivity contribution is 7.15. The van der Waals surface area contributed by atoms with Gasteiger partial charge in [-0.25, -0.2) is 9.50 Å². The molecule has 0 spiro atoms. The standard InChI is InChI=1S/C24H23F3N8OS/c1-4-17-6-7-20(37-17)18-8-21(24(25,26)27)35-22(31-18)9-19(32-35)23(36)30-16-11-28-33(13-16)12-15-10-29-34(5-2)14(15)3/h6-11,13H,4-5,12H2,1-3H3,(H,30,36). The predicted octanol–water partition coefficient (Wildman–Crippen LogP) is 5.06. The predicted molar refractivity (Wildman–Crippen MR) is 133 cm³/mol. The van der Waals surface area contributed by atoms with Crippen molar-refractivity contribution in [2.24, 2.45) is 0 Å². The van der Waals surface area contributed by atoms with Gasteiger partial charge in [-0.1, -0.05) is 6.92 Å². The van der Waals surface area contributed by atoms with Crippen LogP contribution in [-0.2, 0) is 25.7 Å². The molecule has 37 heavy (non-hydrogen) atoms. The molecule has 0 aliphatic carbocycles. The third-order valence-corrected chi connectivity index (χ3v) is 7.19. The van der Waals surface area contributed by atoms with Gasteiger partial charge in [0.05, 0.1) is 35.2 Å². The average molecular weight is 529 g/mol. The van der Waals surface area contributed by atoms with Crippen LogP contribution in [-0.4, -0.2) is 40.1 Å². The highest BCUT2D eigenvalue weighted by Crippen LogP contribution is 2.34. The van der Waals surface area contributed by atoms with E-state index in [1.807, 2.05) is 31.5 Å². The van der Waals surface area contributed by atoms with Crippen molar-refractivity contribution in [2.75, 3.05) is 5.32 Å². The quantitative estimate of drug-likeness (QED) is 0.319. The van der Waals surface area contributed by atoms with Crippen LogP contribution in [0.25, 0.3) is 16.2 Å². The van der Waals surface area contributed by atoms with E-state index in [4.69, 9.17) is 0 Å². The Morgan fingerprint density at radius 3 is 2.62 bits per heavy atom. The van der Waals surface area contributed by atoms with E-state index in [9.17, 15) is 18.0 Å². The van der Waals surface area contributed by atoms with Gasteiger partial charge in [0.15, 0.2) is 17.0 Å². The van der Waals surface area contributed by atoms with Gasteiger partial charge in [0.1, 0.15) is 0 Å². The van der Waals surface area contributed by atoms with E-state index in [0.717, 1.165) is 35.2 Å². The van der Waals surface area contributed by atoms with Crippen LogP contribution in [0.1, 0.15) is 46.2 Å². The van der Waals surface area contributed by atoms with Crippen LogP contribution in [0.3, 0.4) is 0 Å². The number of hydrogen-bond donors (Lipinski definition) is 1. The van der Waals surface area contributed by atoms with Crippen LogP contribution in [0.2, 0.25) is 0 Å².